The van der Waals surface area contributed by atoms with Crippen LogP contribution in [0.4, 0.5) is 13.2 Å². The zero-order valence-corrected chi connectivity index (χ0v) is 21.1. The van der Waals surface area contributed by atoms with Crippen molar-refractivity contribution < 1.29 is 47.8 Å². The average molecular weight is 554 g/mol. The molecule has 2 aliphatic rings. The Morgan fingerprint density at radius 3 is 2.29 bits per heavy atom. The largest absolute Gasteiger partial charge is 0.542 e. The van der Waals surface area contributed by atoms with Gasteiger partial charge in [-0.2, -0.15) is 13.2 Å². The molecule has 13 nitrogen and oxygen atoms in total. The van der Waals surface area contributed by atoms with Gasteiger partial charge in [0.2, 0.25) is 5.91 Å². The highest BCUT2D eigenvalue weighted by Gasteiger charge is 2.29. The Balaban J connectivity index is 0.000000905. The van der Waals surface area contributed by atoms with Crippen LogP contribution in [0, 0.1) is 5.92 Å². The minimum Gasteiger partial charge on any atom is -0.542 e. The van der Waals surface area contributed by atoms with Gasteiger partial charge in [-0.25, -0.2) is 0 Å². The summed E-state index contributed by atoms with van der Waals surface area (Å²) in [5, 5.41) is 29.5. The van der Waals surface area contributed by atoms with Crippen molar-refractivity contribution in [2.75, 3.05) is 26.2 Å². The lowest BCUT2D eigenvalue weighted by molar-refractivity contribution is -0.753. The van der Waals surface area contributed by atoms with E-state index in [0.29, 0.717) is 24.7 Å². The first kappa shape index (κ1) is 32.7. The van der Waals surface area contributed by atoms with E-state index in [1.54, 1.807) is 0 Å². The molecule has 0 bridgehead atoms. The van der Waals surface area contributed by atoms with Crippen LogP contribution in [0.25, 0.3) is 0 Å². The fourth-order valence-corrected chi connectivity index (χ4v) is 4.14. The van der Waals surface area contributed by atoms with Gasteiger partial charge in [0, 0.05) is 0 Å². The molecular formula is C22H38F3N7O6. The minimum absolute atomic E-state index is 0.0222. The molecule has 0 aromatic heterocycles. The molecule has 1 heterocycles. The number of halogens is 3. The zero-order chi connectivity index (χ0) is 28.6. The summed E-state index contributed by atoms with van der Waals surface area (Å²) in [5.41, 5.74) is 10.6. The molecular weight excluding hydrogens is 515 g/mol. The molecule has 2 atom stereocenters. The molecule has 38 heavy (non-hydrogen) atoms. The number of nitrogens with zero attached hydrogens (tertiary/aromatic N) is 1. The van der Waals surface area contributed by atoms with Crippen molar-refractivity contribution in [1.82, 2.24) is 16.0 Å². The Kier molecular flexibility index (Phi) is 14.9. The van der Waals surface area contributed by atoms with Gasteiger partial charge >= 0.3 is 18.1 Å². The minimum atomic E-state index is -5.19. The number of amidine groups is 1. The molecule has 0 aromatic rings. The maximum atomic E-state index is 12.8. The van der Waals surface area contributed by atoms with Crippen LogP contribution in [0.2, 0.25) is 0 Å². The lowest BCUT2D eigenvalue weighted by Crippen LogP contribution is -2.77. The topological polar surface area (TPSA) is 218 Å². The number of alkyl halides is 3. The molecule has 218 valence electrons. The van der Waals surface area contributed by atoms with Crippen molar-refractivity contribution in [1.29, 1.82) is 0 Å². The Hall–Kier alpha value is -3.30. The van der Waals surface area contributed by atoms with E-state index in [2.05, 4.69) is 26.1 Å². The summed E-state index contributed by atoms with van der Waals surface area (Å²) >= 11 is 0. The Labute approximate surface area is 218 Å². The van der Waals surface area contributed by atoms with E-state index in [0.717, 1.165) is 38.6 Å². The van der Waals surface area contributed by atoms with Gasteiger partial charge in [-0.1, -0.05) is 38.5 Å². The Morgan fingerprint density at radius 2 is 1.76 bits per heavy atom. The number of rotatable bonds is 11. The predicted octanol–water partition coefficient (Wildman–Crippen LogP) is -2.76. The molecule has 16 heteroatoms. The van der Waals surface area contributed by atoms with Crippen LogP contribution in [-0.2, 0) is 19.2 Å². The summed E-state index contributed by atoms with van der Waals surface area (Å²) in [5.74, 6) is -3.25. The number of piperidine rings is 1. The van der Waals surface area contributed by atoms with Gasteiger partial charge in [-0.05, 0) is 31.7 Å². The van der Waals surface area contributed by atoms with Crippen molar-refractivity contribution in [2.45, 2.75) is 76.0 Å². The van der Waals surface area contributed by atoms with Gasteiger partial charge in [-0.15, -0.1) is 5.16 Å². The summed E-state index contributed by atoms with van der Waals surface area (Å²) in [7, 11) is 0. The summed E-state index contributed by atoms with van der Waals surface area (Å²) < 4.78 is 31.5. The molecule has 9 N–H and O–H groups in total. The van der Waals surface area contributed by atoms with Gasteiger partial charge in [0.05, 0.1) is 12.6 Å². The number of hydrogen-bond donors (Lipinski definition) is 7. The van der Waals surface area contributed by atoms with E-state index in [1.165, 1.54) is 19.3 Å². The Bertz CT molecular complexity index is 810. The van der Waals surface area contributed by atoms with Gasteiger partial charge in [0.25, 0.3) is 0 Å². The first-order chi connectivity index (χ1) is 17.9. The first-order valence-electron chi connectivity index (χ1n) is 12.5. The second-order valence-corrected chi connectivity index (χ2v) is 9.01. The highest BCUT2D eigenvalue weighted by molar-refractivity contribution is 5.93. The molecule has 1 amide bonds. The summed E-state index contributed by atoms with van der Waals surface area (Å²) in [6.07, 6.45) is 4.33. The van der Waals surface area contributed by atoms with E-state index >= 15 is 0 Å². The van der Waals surface area contributed by atoms with Gasteiger partial charge in [-0.3, -0.25) is 26.0 Å². The molecule has 0 radical (unpaired) electrons. The van der Waals surface area contributed by atoms with Crippen LogP contribution in [-0.4, -0.2) is 79.2 Å². The van der Waals surface area contributed by atoms with Gasteiger partial charge in [0.15, 0.2) is 6.61 Å². The number of carboxylic acid groups (broad SMARTS) is 2. The van der Waals surface area contributed by atoms with E-state index in [4.69, 9.17) is 31.3 Å². The average Bonchev–Trinajstić information content (AvgIpc) is 2.86. The number of carbonyl (C=O) groups is 3. The molecule has 1 aliphatic heterocycles. The maximum Gasteiger partial charge on any atom is 0.430 e. The van der Waals surface area contributed by atoms with Crippen molar-refractivity contribution in [3.8, 4) is 0 Å². The quantitative estimate of drug-likeness (QED) is 0.0605. The summed E-state index contributed by atoms with van der Waals surface area (Å²) in [6.45, 7) is 1.11. The molecule has 0 spiro atoms. The number of guanidine groups is 1. The van der Waals surface area contributed by atoms with E-state index in [9.17, 15) is 22.8 Å². The van der Waals surface area contributed by atoms with Crippen molar-refractivity contribution in [2.24, 2.45) is 22.4 Å². The summed E-state index contributed by atoms with van der Waals surface area (Å²) in [6, 6.07) is -0.508. The number of hydrogen-bond acceptors (Lipinski definition) is 7. The smallest absolute Gasteiger partial charge is 0.430 e. The third-order valence-corrected chi connectivity index (χ3v) is 5.88. The number of nitrogens with one attached hydrogen (secondary N) is 4. The molecule has 2 fully saturated rings. The monoisotopic (exact) mass is 553 g/mol. The fourth-order valence-electron chi connectivity index (χ4n) is 4.14. The normalized spacial score (nSPS) is 19.2. The number of aliphatic carboxylic acids is 2. The van der Waals surface area contributed by atoms with Crippen LogP contribution in [0.15, 0.2) is 4.99 Å². The first-order valence-corrected chi connectivity index (χ1v) is 12.5. The van der Waals surface area contributed by atoms with Crippen molar-refractivity contribution >= 4 is 29.6 Å². The molecule has 0 aromatic carbocycles. The lowest BCUT2D eigenvalue weighted by atomic mass is 9.84. The number of amides is 1. The van der Waals surface area contributed by atoms with E-state index in [1.807, 2.05) is 0 Å². The molecule has 2 rings (SSSR count). The number of carboxylic acids is 2. The standard InChI is InChI=1S/C20H37N7O4.C2HF3O2/c21-20(22)27-31-11-10-24-18(15-8-4-5-9-23-15)26-16(19(30)25-13-17(28)29)12-14-6-2-1-3-7-14;3-2(4,5)1(6)7/h14-16,23H,1-13H2,(H,24,26)(H,25,30)(H,28,29)(H4,21,22,27);(H,6,7)/t15-,16+;/m0./s1. The number of aliphatic imine (C=N–C) groups is 1. The highest BCUT2D eigenvalue weighted by atomic mass is 19.4. The number of carbonyl (C=O) groups excluding carboxylic acids is 2. The number of nitrogens with two attached hydrogens (primary N) is 2. The molecule has 1 aliphatic carbocycles. The summed E-state index contributed by atoms with van der Waals surface area (Å²) in [4.78, 5) is 42.3. The molecule has 0 unspecified atom stereocenters. The van der Waals surface area contributed by atoms with E-state index in [-0.39, 0.29) is 24.5 Å². The molecule has 1 saturated heterocycles. The SMILES string of the molecule is NC(N)=[NH+]OCCN=C(N[C@H](CC1CCCCC1)C(=O)NCC(=O)O)[C@@H]1CCCCN1.O=C([O-])C(F)(F)F. The predicted molar refractivity (Wildman–Crippen MR) is 128 cm³/mol. The Morgan fingerprint density at radius 1 is 1.13 bits per heavy atom. The van der Waals surface area contributed by atoms with Crippen LogP contribution in [0.5, 0.6) is 0 Å². The van der Waals surface area contributed by atoms with E-state index < -0.39 is 30.7 Å². The van der Waals surface area contributed by atoms with Gasteiger partial charge in [0.1, 0.15) is 24.4 Å². The third-order valence-electron chi connectivity index (χ3n) is 5.88. The van der Waals surface area contributed by atoms with Crippen LogP contribution < -0.4 is 37.7 Å². The van der Waals surface area contributed by atoms with Crippen LogP contribution in [0.3, 0.4) is 0 Å². The second kappa shape index (κ2) is 17.3. The van der Waals surface area contributed by atoms with Crippen molar-refractivity contribution in [3.63, 3.8) is 0 Å². The third kappa shape index (κ3) is 14.4. The van der Waals surface area contributed by atoms with Crippen LogP contribution >= 0.6 is 0 Å². The zero-order valence-electron chi connectivity index (χ0n) is 21.1. The van der Waals surface area contributed by atoms with Crippen molar-refractivity contribution in [3.05, 3.63) is 0 Å². The van der Waals surface area contributed by atoms with Gasteiger partial charge < -0.3 is 35.8 Å². The lowest BCUT2D eigenvalue weighted by Gasteiger charge is -2.31. The molecule has 1 saturated carbocycles. The fraction of sp³-hybridized carbons (Fsp3) is 0.773. The maximum absolute atomic E-state index is 12.8. The second-order valence-electron chi connectivity index (χ2n) is 9.01. The van der Waals surface area contributed by atoms with Crippen LogP contribution in [0.1, 0.15) is 57.8 Å². The highest BCUT2D eigenvalue weighted by Crippen LogP contribution is 2.27.